The number of ether oxygens (including phenoxy) is 1. The van der Waals surface area contributed by atoms with Gasteiger partial charge in [-0.1, -0.05) is 0 Å². The van der Waals surface area contributed by atoms with Gasteiger partial charge < -0.3 is 9.64 Å². The highest BCUT2D eigenvalue weighted by molar-refractivity contribution is 5.92. The topological polar surface area (TPSA) is 45.7 Å². The Morgan fingerprint density at radius 2 is 2.09 bits per heavy atom. The zero-order valence-electron chi connectivity index (χ0n) is 13.0. The molecule has 126 valence electrons. The molecule has 3 rings (SSSR count). The molecule has 2 aliphatic rings. The van der Waals surface area contributed by atoms with E-state index in [1.807, 2.05) is 0 Å². The SMILES string of the molecule is O=C(c1ncc(F)cc1F)N1CCC[C@@H](CN2CCOCC2)C1. The van der Waals surface area contributed by atoms with Gasteiger partial charge in [0.1, 0.15) is 5.82 Å². The third-order valence-electron chi connectivity index (χ3n) is 4.44. The van der Waals surface area contributed by atoms with Crippen molar-refractivity contribution in [1.29, 1.82) is 0 Å². The van der Waals surface area contributed by atoms with Crippen LogP contribution in [0, 0.1) is 17.6 Å². The van der Waals surface area contributed by atoms with Crippen LogP contribution in [0.4, 0.5) is 8.78 Å². The average Bonchev–Trinajstić information content (AvgIpc) is 2.55. The molecule has 1 atom stereocenters. The van der Waals surface area contributed by atoms with Crippen LogP contribution >= 0.6 is 0 Å². The van der Waals surface area contributed by atoms with Gasteiger partial charge in [-0.25, -0.2) is 13.8 Å². The first-order valence-electron chi connectivity index (χ1n) is 8.04. The molecule has 0 spiro atoms. The van der Waals surface area contributed by atoms with Crippen LogP contribution in [0.15, 0.2) is 12.3 Å². The van der Waals surface area contributed by atoms with Crippen molar-refractivity contribution in [1.82, 2.24) is 14.8 Å². The second-order valence-corrected chi connectivity index (χ2v) is 6.16. The van der Waals surface area contributed by atoms with Crippen molar-refractivity contribution < 1.29 is 18.3 Å². The first kappa shape index (κ1) is 16.3. The molecule has 2 aliphatic heterocycles. The summed E-state index contributed by atoms with van der Waals surface area (Å²) in [5.41, 5.74) is -0.293. The minimum Gasteiger partial charge on any atom is -0.379 e. The maximum atomic E-state index is 13.8. The summed E-state index contributed by atoms with van der Waals surface area (Å²) in [6, 6.07) is 0.704. The Kier molecular flexibility index (Phi) is 5.17. The predicted octanol–water partition coefficient (Wildman–Crippen LogP) is 1.54. The number of halogens is 2. The van der Waals surface area contributed by atoms with Gasteiger partial charge in [0.2, 0.25) is 0 Å². The molecule has 0 bridgehead atoms. The number of hydrogen-bond acceptors (Lipinski definition) is 4. The van der Waals surface area contributed by atoms with Crippen LogP contribution in [0.2, 0.25) is 0 Å². The van der Waals surface area contributed by atoms with Gasteiger partial charge >= 0.3 is 0 Å². The van der Waals surface area contributed by atoms with Crippen molar-refractivity contribution in [3.63, 3.8) is 0 Å². The monoisotopic (exact) mass is 325 g/mol. The van der Waals surface area contributed by atoms with Crippen LogP contribution in [-0.2, 0) is 4.74 Å². The lowest BCUT2D eigenvalue weighted by molar-refractivity contribution is 0.0222. The van der Waals surface area contributed by atoms with Crippen LogP contribution in [-0.4, -0.2) is 66.6 Å². The second kappa shape index (κ2) is 7.31. The van der Waals surface area contributed by atoms with Crippen LogP contribution < -0.4 is 0 Å². The normalized spacial score (nSPS) is 23.0. The summed E-state index contributed by atoms with van der Waals surface area (Å²) in [5, 5.41) is 0. The molecule has 3 heterocycles. The zero-order valence-corrected chi connectivity index (χ0v) is 13.0. The van der Waals surface area contributed by atoms with Crippen LogP contribution in [0.25, 0.3) is 0 Å². The molecule has 2 fully saturated rings. The number of pyridine rings is 1. The molecule has 2 saturated heterocycles. The Hall–Kier alpha value is -1.60. The lowest BCUT2D eigenvalue weighted by atomic mass is 9.97. The summed E-state index contributed by atoms with van der Waals surface area (Å²) in [6.07, 6.45) is 2.83. The first-order chi connectivity index (χ1) is 11.1. The summed E-state index contributed by atoms with van der Waals surface area (Å²) >= 11 is 0. The van der Waals surface area contributed by atoms with Crippen molar-refractivity contribution >= 4 is 5.91 Å². The van der Waals surface area contributed by atoms with Crippen LogP contribution in [0.1, 0.15) is 23.3 Å². The van der Waals surface area contributed by atoms with Crippen molar-refractivity contribution in [2.75, 3.05) is 45.9 Å². The van der Waals surface area contributed by atoms with Crippen molar-refractivity contribution in [3.8, 4) is 0 Å². The fraction of sp³-hybridized carbons (Fsp3) is 0.625. The smallest absolute Gasteiger partial charge is 0.275 e. The van der Waals surface area contributed by atoms with Crippen molar-refractivity contribution in [2.45, 2.75) is 12.8 Å². The molecule has 0 aromatic carbocycles. The number of aromatic nitrogens is 1. The van der Waals surface area contributed by atoms with E-state index in [0.717, 1.165) is 51.9 Å². The number of amides is 1. The van der Waals surface area contributed by atoms with Gasteiger partial charge in [0.05, 0.1) is 19.4 Å². The summed E-state index contributed by atoms with van der Waals surface area (Å²) in [7, 11) is 0. The highest BCUT2D eigenvalue weighted by Gasteiger charge is 2.28. The van der Waals surface area contributed by atoms with Gasteiger partial charge in [-0.3, -0.25) is 9.69 Å². The molecule has 0 radical (unpaired) electrons. The molecule has 1 aromatic heterocycles. The summed E-state index contributed by atoms with van der Waals surface area (Å²) in [5.74, 6) is -1.75. The average molecular weight is 325 g/mol. The van der Waals surface area contributed by atoms with E-state index < -0.39 is 17.5 Å². The van der Waals surface area contributed by atoms with Gasteiger partial charge in [0, 0.05) is 38.8 Å². The molecule has 1 amide bonds. The zero-order chi connectivity index (χ0) is 16.2. The minimum atomic E-state index is -0.898. The molecule has 1 aromatic rings. The van der Waals surface area contributed by atoms with E-state index in [0.29, 0.717) is 25.1 Å². The third-order valence-corrected chi connectivity index (χ3v) is 4.44. The number of carbonyl (C=O) groups is 1. The minimum absolute atomic E-state index is 0.293. The maximum absolute atomic E-state index is 13.8. The molecule has 7 heteroatoms. The maximum Gasteiger partial charge on any atom is 0.275 e. The van der Waals surface area contributed by atoms with Gasteiger partial charge in [-0.2, -0.15) is 0 Å². The quantitative estimate of drug-likeness (QED) is 0.846. The number of morpholine rings is 1. The van der Waals surface area contributed by atoms with E-state index in [4.69, 9.17) is 4.74 Å². The highest BCUT2D eigenvalue weighted by atomic mass is 19.1. The number of likely N-dealkylation sites (tertiary alicyclic amines) is 1. The number of carbonyl (C=O) groups excluding carboxylic acids is 1. The summed E-state index contributed by atoms with van der Waals surface area (Å²) in [4.78, 5) is 20.0. The lowest BCUT2D eigenvalue weighted by Gasteiger charge is -2.36. The Labute approximate surface area is 134 Å². The molecular weight excluding hydrogens is 304 g/mol. The molecule has 0 N–H and O–H groups in total. The molecule has 23 heavy (non-hydrogen) atoms. The third kappa shape index (κ3) is 4.03. The highest BCUT2D eigenvalue weighted by Crippen LogP contribution is 2.20. The Bertz CT molecular complexity index is 564. The van der Waals surface area contributed by atoms with Gasteiger partial charge in [0.15, 0.2) is 11.5 Å². The summed E-state index contributed by atoms with van der Waals surface area (Å²) < 4.78 is 32.0. The fourth-order valence-electron chi connectivity index (χ4n) is 3.27. The number of piperidine rings is 1. The number of rotatable bonds is 3. The molecule has 0 saturated carbocycles. The Balaban J connectivity index is 1.62. The fourth-order valence-corrected chi connectivity index (χ4v) is 3.27. The molecule has 5 nitrogen and oxygen atoms in total. The molecule has 0 unspecified atom stereocenters. The van der Waals surface area contributed by atoms with Gasteiger partial charge in [-0.05, 0) is 18.8 Å². The van der Waals surface area contributed by atoms with Crippen molar-refractivity contribution in [2.24, 2.45) is 5.92 Å². The van der Waals surface area contributed by atoms with E-state index in [1.165, 1.54) is 0 Å². The van der Waals surface area contributed by atoms with Crippen LogP contribution in [0.3, 0.4) is 0 Å². The van der Waals surface area contributed by atoms with E-state index in [-0.39, 0.29) is 5.69 Å². The van der Waals surface area contributed by atoms with E-state index in [9.17, 15) is 13.6 Å². The van der Waals surface area contributed by atoms with E-state index >= 15 is 0 Å². The standard InChI is InChI=1S/C16H21F2N3O2/c17-13-8-14(18)15(19-9-13)16(22)21-3-1-2-12(11-21)10-20-4-6-23-7-5-20/h8-9,12H,1-7,10-11H2/t12-/m0/s1. The predicted molar refractivity (Wildman–Crippen MR) is 80.0 cm³/mol. The first-order valence-corrected chi connectivity index (χ1v) is 8.04. The Morgan fingerprint density at radius 3 is 2.83 bits per heavy atom. The van der Waals surface area contributed by atoms with Gasteiger partial charge in [0.25, 0.3) is 5.91 Å². The Morgan fingerprint density at radius 1 is 1.30 bits per heavy atom. The number of hydrogen-bond donors (Lipinski definition) is 0. The van der Waals surface area contributed by atoms with E-state index in [1.54, 1.807) is 4.90 Å². The number of nitrogens with zero attached hydrogens (tertiary/aromatic N) is 3. The van der Waals surface area contributed by atoms with E-state index in [2.05, 4.69) is 9.88 Å². The lowest BCUT2D eigenvalue weighted by Crippen LogP contribution is -2.46. The van der Waals surface area contributed by atoms with Crippen LogP contribution in [0.5, 0.6) is 0 Å². The van der Waals surface area contributed by atoms with Crippen molar-refractivity contribution in [3.05, 3.63) is 29.6 Å². The second-order valence-electron chi connectivity index (χ2n) is 6.16. The van der Waals surface area contributed by atoms with Gasteiger partial charge in [-0.15, -0.1) is 0 Å². The summed E-state index contributed by atoms with van der Waals surface area (Å²) in [6.45, 7) is 5.44. The molecule has 0 aliphatic carbocycles. The largest absolute Gasteiger partial charge is 0.379 e. The molecular formula is C16H21F2N3O2.